The lowest BCUT2D eigenvalue weighted by Gasteiger charge is -2.23. The number of aromatic nitrogens is 1. The molecular weight excluding hydrogens is 246 g/mol. The normalized spacial score (nSPS) is 23.1. The fourth-order valence-corrected chi connectivity index (χ4v) is 2.54. The third-order valence-electron chi connectivity index (χ3n) is 3.61. The molecule has 1 aromatic rings. The maximum Gasteiger partial charge on any atom is 0.254 e. The topological polar surface area (TPSA) is 76.6 Å². The zero-order valence-corrected chi connectivity index (χ0v) is 11.2. The molecule has 0 unspecified atom stereocenters. The first-order chi connectivity index (χ1) is 9.02. The van der Waals surface area contributed by atoms with Gasteiger partial charge in [0, 0.05) is 49.5 Å². The lowest BCUT2D eigenvalue weighted by molar-refractivity contribution is 0.0778. The van der Waals surface area contributed by atoms with Crippen LogP contribution in [-0.4, -0.2) is 65.6 Å². The van der Waals surface area contributed by atoms with E-state index in [1.807, 2.05) is 19.0 Å². The molecule has 2 atom stereocenters. The van der Waals surface area contributed by atoms with E-state index in [1.165, 1.54) is 12.3 Å². The highest BCUT2D eigenvalue weighted by atomic mass is 16.3. The largest absolute Gasteiger partial charge is 0.396 e. The average molecular weight is 265 g/mol. The number of hydrogen-bond acceptors (Lipinski definition) is 4. The molecule has 104 valence electrons. The SMILES string of the molecule is CN(C)[C@@H]1CN(C(=O)c2cc[nH]c(=O)c2)C[C@H]1CO. The van der Waals surface area contributed by atoms with Crippen molar-refractivity contribution in [3.63, 3.8) is 0 Å². The summed E-state index contributed by atoms with van der Waals surface area (Å²) in [5, 5.41) is 9.38. The van der Waals surface area contributed by atoms with Gasteiger partial charge in [-0.15, -0.1) is 0 Å². The highest BCUT2D eigenvalue weighted by molar-refractivity contribution is 5.94. The minimum atomic E-state index is -0.284. The third-order valence-corrected chi connectivity index (χ3v) is 3.61. The second-order valence-electron chi connectivity index (χ2n) is 5.13. The van der Waals surface area contributed by atoms with Gasteiger partial charge in [0.2, 0.25) is 5.56 Å². The van der Waals surface area contributed by atoms with Crippen molar-refractivity contribution in [2.75, 3.05) is 33.8 Å². The highest BCUT2D eigenvalue weighted by Gasteiger charge is 2.36. The van der Waals surface area contributed by atoms with Gasteiger partial charge in [0.15, 0.2) is 0 Å². The molecule has 0 bridgehead atoms. The molecule has 0 spiro atoms. The maximum absolute atomic E-state index is 12.3. The number of H-pyrrole nitrogens is 1. The summed E-state index contributed by atoms with van der Waals surface area (Å²) in [6, 6.07) is 3.05. The Labute approximate surface area is 111 Å². The molecule has 1 amide bonds. The Kier molecular flexibility index (Phi) is 4.01. The van der Waals surface area contributed by atoms with Crippen molar-refractivity contribution in [2.45, 2.75) is 6.04 Å². The van der Waals surface area contributed by atoms with E-state index >= 15 is 0 Å². The summed E-state index contributed by atoms with van der Waals surface area (Å²) >= 11 is 0. The molecule has 1 aliphatic rings. The zero-order chi connectivity index (χ0) is 14.0. The number of aliphatic hydroxyl groups excluding tert-OH is 1. The van der Waals surface area contributed by atoms with Gasteiger partial charge in [-0.05, 0) is 20.2 Å². The lowest BCUT2D eigenvalue weighted by Crippen LogP contribution is -2.37. The molecule has 1 aromatic heterocycles. The first-order valence-electron chi connectivity index (χ1n) is 6.28. The van der Waals surface area contributed by atoms with Gasteiger partial charge in [-0.25, -0.2) is 0 Å². The number of pyridine rings is 1. The van der Waals surface area contributed by atoms with Gasteiger partial charge in [0.1, 0.15) is 0 Å². The van der Waals surface area contributed by atoms with Crippen molar-refractivity contribution < 1.29 is 9.90 Å². The number of likely N-dealkylation sites (tertiary alicyclic amines) is 1. The molecule has 2 rings (SSSR count). The molecule has 1 fully saturated rings. The number of rotatable bonds is 3. The van der Waals surface area contributed by atoms with E-state index < -0.39 is 0 Å². The lowest BCUT2D eigenvalue weighted by atomic mass is 10.0. The third kappa shape index (κ3) is 2.85. The van der Waals surface area contributed by atoms with Crippen LogP contribution in [0.2, 0.25) is 0 Å². The second kappa shape index (κ2) is 5.54. The predicted molar refractivity (Wildman–Crippen MR) is 71.0 cm³/mol. The van der Waals surface area contributed by atoms with Crippen molar-refractivity contribution in [2.24, 2.45) is 5.92 Å². The number of likely N-dealkylation sites (N-methyl/N-ethyl adjacent to an activating group) is 1. The number of nitrogens with zero attached hydrogens (tertiary/aromatic N) is 2. The van der Waals surface area contributed by atoms with Crippen LogP contribution in [0.5, 0.6) is 0 Å². The number of aromatic amines is 1. The molecule has 6 heteroatoms. The summed E-state index contributed by atoms with van der Waals surface area (Å²) in [5.41, 5.74) is 0.104. The fourth-order valence-electron chi connectivity index (χ4n) is 2.54. The van der Waals surface area contributed by atoms with Crippen LogP contribution in [0.15, 0.2) is 23.1 Å². The van der Waals surface area contributed by atoms with Crippen molar-refractivity contribution in [1.82, 2.24) is 14.8 Å². The Hall–Kier alpha value is -1.66. The summed E-state index contributed by atoms with van der Waals surface area (Å²) in [6.07, 6.45) is 1.47. The Morgan fingerprint density at radius 2 is 2.26 bits per heavy atom. The van der Waals surface area contributed by atoms with Crippen molar-refractivity contribution in [1.29, 1.82) is 0 Å². The Balaban J connectivity index is 2.15. The Morgan fingerprint density at radius 1 is 1.53 bits per heavy atom. The zero-order valence-electron chi connectivity index (χ0n) is 11.2. The number of carbonyl (C=O) groups is 1. The molecule has 2 N–H and O–H groups in total. The molecule has 1 saturated heterocycles. The van der Waals surface area contributed by atoms with Gasteiger partial charge >= 0.3 is 0 Å². The van der Waals surface area contributed by atoms with E-state index in [4.69, 9.17) is 0 Å². The second-order valence-corrected chi connectivity index (χ2v) is 5.13. The molecule has 2 heterocycles. The predicted octanol–water partition coefficient (Wildman–Crippen LogP) is -0.631. The quantitative estimate of drug-likeness (QED) is 0.763. The Bertz CT molecular complexity index is 512. The minimum absolute atomic E-state index is 0.0564. The van der Waals surface area contributed by atoms with Crippen LogP contribution in [-0.2, 0) is 0 Å². The van der Waals surface area contributed by atoms with E-state index in [0.29, 0.717) is 18.7 Å². The van der Waals surface area contributed by atoms with E-state index in [0.717, 1.165) is 0 Å². The molecule has 19 heavy (non-hydrogen) atoms. The van der Waals surface area contributed by atoms with E-state index in [9.17, 15) is 14.7 Å². The number of nitrogens with one attached hydrogen (secondary N) is 1. The molecule has 6 nitrogen and oxygen atoms in total. The van der Waals surface area contributed by atoms with Crippen LogP contribution >= 0.6 is 0 Å². The molecule has 1 aliphatic heterocycles. The first-order valence-corrected chi connectivity index (χ1v) is 6.28. The van der Waals surface area contributed by atoms with Crippen LogP contribution in [0.25, 0.3) is 0 Å². The molecule has 0 aromatic carbocycles. The summed E-state index contributed by atoms with van der Waals surface area (Å²) < 4.78 is 0. The van der Waals surface area contributed by atoms with Crippen molar-refractivity contribution >= 4 is 5.91 Å². The standard InChI is InChI=1S/C13H19N3O3/c1-15(2)11-7-16(6-10(11)8-17)13(19)9-3-4-14-12(18)5-9/h3-5,10-11,17H,6-8H2,1-2H3,(H,14,18)/t10-,11+/m0/s1. The van der Waals surface area contributed by atoms with Crippen LogP contribution in [0, 0.1) is 5.92 Å². The summed E-state index contributed by atoms with van der Waals surface area (Å²) in [5.74, 6) is -0.102. The number of hydrogen-bond donors (Lipinski definition) is 2. The highest BCUT2D eigenvalue weighted by Crippen LogP contribution is 2.21. The van der Waals surface area contributed by atoms with E-state index in [-0.39, 0.29) is 30.0 Å². The number of carbonyl (C=O) groups excluding carboxylic acids is 1. The monoisotopic (exact) mass is 265 g/mol. The molecule has 0 aliphatic carbocycles. The summed E-state index contributed by atoms with van der Waals surface area (Å²) in [4.78, 5) is 29.7. The van der Waals surface area contributed by atoms with Gasteiger partial charge in [0.25, 0.3) is 5.91 Å². The number of aliphatic hydroxyl groups is 1. The Morgan fingerprint density at radius 3 is 2.79 bits per heavy atom. The van der Waals surface area contributed by atoms with Crippen molar-refractivity contribution in [3.05, 3.63) is 34.2 Å². The first kappa shape index (κ1) is 13.8. The summed E-state index contributed by atoms with van der Waals surface area (Å²) in [6.45, 7) is 1.15. The van der Waals surface area contributed by atoms with Crippen LogP contribution in [0.3, 0.4) is 0 Å². The van der Waals surface area contributed by atoms with Gasteiger partial charge in [-0.3, -0.25) is 9.59 Å². The maximum atomic E-state index is 12.3. The van der Waals surface area contributed by atoms with Gasteiger partial charge in [0.05, 0.1) is 0 Å². The van der Waals surface area contributed by atoms with E-state index in [1.54, 1.807) is 11.0 Å². The van der Waals surface area contributed by atoms with Gasteiger partial charge < -0.3 is 19.9 Å². The van der Waals surface area contributed by atoms with E-state index in [2.05, 4.69) is 4.98 Å². The van der Waals surface area contributed by atoms with Gasteiger partial charge in [-0.1, -0.05) is 0 Å². The van der Waals surface area contributed by atoms with Crippen LogP contribution in [0.4, 0.5) is 0 Å². The smallest absolute Gasteiger partial charge is 0.254 e. The van der Waals surface area contributed by atoms with Crippen LogP contribution < -0.4 is 5.56 Å². The fraction of sp³-hybridized carbons (Fsp3) is 0.538. The average Bonchev–Trinajstić information content (AvgIpc) is 2.82. The van der Waals surface area contributed by atoms with Gasteiger partial charge in [-0.2, -0.15) is 0 Å². The molecular formula is C13H19N3O3. The number of amides is 1. The van der Waals surface area contributed by atoms with Crippen LogP contribution in [0.1, 0.15) is 10.4 Å². The minimum Gasteiger partial charge on any atom is -0.396 e. The van der Waals surface area contributed by atoms with Crippen molar-refractivity contribution in [3.8, 4) is 0 Å². The molecule has 0 saturated carbocycles. The summed E-state index contributed by atoms with van der Waals surface area (Å²) in [7, 11) is 3.88. The molecule has 0 radical (unpaired) electrons.